The topological polar surface area (TPSA) is 63.8 Å². The Morgan fingerprint density at radius 1 is 0.828 bits per heavy atom. The molecule has 3 heterocycles. The first-order valence-corrected chi connectivity index (χ1v) is 9.56. The van der Waals surface area contributed by atoms with E-state index in [1.54, 1.807) is 12.1 Å². The Labute approximate surface area is 167 Å². The number of anilines is 3. The van der Waals surface area contributed by atoms with E-state index in [4.69, 9.17) is 20.2 Å². The summed E-state index contributed by atoms with van der Waals surface area (Å²) in [5.74, 6) is 1.30. The predicted octanol–water partition coefficient (Wildman–Crippen LogP) is 3.02. The Morgan fingerprint density at radius 3 is 1.83 bits per heavy atom. The van der Waals surface area contributed by atoms with Gasteiger partial charge in [0.1, 0.15) is 11.6 Å². The fourth-order valence-corrected chi connectivity index (χ4v) is 3.61. The second kappa shape index (κ2) is 8.08. The van der Waals surface area contributed by atoms with Crippen LogP contribution in [0.4, 0.5) is 30.5 Å². The summed E-state index contributed by atoms with van der Waals surface area (Å²) in [5.41, 5.74) is 5.54. The van der Waals surface area contributed by atoms with Gasteiger partial charge in [-0.3, -0.25) is 0 Å². The first-order chi connectivity index (χ1) is 13.9. The van der Waals surface area contributed by atoms with E-state index in [0.29, 0.717) is 69.8 Å². The lowest BCUT2D eigenvalue weighted by Gasteiger charge is -2.32. The summed E-state index contributed by atoms with van der Waals surface area (Å²) < 4.78 is 51.9. The maximum atomic E-state index is 13.7. The number of nitrogen functional groups attached to an aromatic ring is 1. The van der Waals surface area contributed by atoms with Gasteiger partial charge in [-0.1, -0.05) is 6.07 Å². The molecule has 0 aliphatic carbocycles. The standard InChI is InChI=1S/C20H23F3N4O2/c21-20(22,23)17-13-15(24)1-2-16(17)14-11-18(26-3-7-28-8-4-26)25-19(12-14)27-5-9-29-10-6-27/h1-2,11-13H,3-10,24H2. The van der Waals surface area contributed by atoms with Crippen LogP contribution in [0.15, 0.2) is 30.3 Å². The molecule has 0 saturated carbocycles. The van der Waals surface area contributed by atoms with Crippen molar-refractivity contribution in [3.05, 3.63) is 35.9 Å². The molecule has 9 heteroatoms. The van der Waals surface area contributed by atoms with Crippen LogP contribution in [0.2, 0.25) is 0 Å². The average molecular weight is 408 g/mol. The van der Waals surface area contributed by atoms with Gasteiger partial charge in [-0.05, 0) is 35.4 Å². The van der Waals surface area contributed by atoms with E-state index in [1.165, 1.54) is 12.1 Å². The van der Waals surface area contributed by atoms with Crippen LogP contribution in [0.5, 0.6) is 0 Å². The van der Waals surface area contributed by atoms with E-state index in [-0.39, 0.29) is 11.3 Å². The van der Waals surface area contributed by atoms with Crippen molar-refractivity contribution in [2.45, 2.75) is 6.18 Å². The molecule has 0 atom stereocenters. The van der Waals surface area contributed by atoms with Crippen LogP contribution in [0.1, 0.15) is 5.56 Å². The Hall–Kier alpha value is -2.52. The molecule has 6 nitrogen and oxygen atoms in total. The van der Waals surface area contributed by atoms with Crippen LogP contribution in [-0.2, 0) is 15.7 Å². The van der Waals surface area contributed by atoms with Crippen LogP contribution in [0.3, 0.4) is 0 Å². The van der Waals surface area contributed by atoms with E-state index in [9.17, 15) is 13.2 Å². The zero-order valence-corrected chi connectivity index (χ0v) is 15.9. The summed E-state index contributed by atoms with van der Waals surface area (Å²) in [6, 6.07) is 7.35. The number of benzene rings is 1. The number of hydrogen-bond donors (Lipinski definition) is 1. The Bertz CT molecular complexity index is 827. The van der Waals surface area contributed by atoms with Gasteiger partial charge in [-0.2, -0.15) is 13.2 Å². The zero-order valence-electron chi connectivity index (χ0n) is 15.9. The first-order valence-electron chi connectivity index (χ1n) is 9.56. The van der Waals surface area contributed by atoms with Crippen molar-refractivity contribution in [3.8, 4) is 11.1 Å². The maximum absolute atomic E-state index is 13.7. The van der Waals surface area contributed by atoms with E-state index < -0.39 is 11.7 Å². The molecule has 2 fully saturated rings. The number of alkyl halides is 3. The van der Waals surface area contributed by atoms with Gasteiger partial charge >= 0.3 is 6.18 Å². The highest BCUT2D eigenvalue weighted by Crippen LogP contribution is 2.40. The Morgan fingerprint density at radius 2 is 1.34 bits per heavy atom. The number of aromatic nitrogens is 1. The normalized spacial score (nSPS) is 18.2. The number of nitrogens with zero attached hydrogens (tertiary/aromatic N) is 3. The van der Waals surface area contributed by atoms with Crippen molar-refractivity contribution < 1.29 is 22.6 Å². The number of ether oxygens (including phenoxy) is 2. The van der Waals surface area contributed by atoms with Crippen molar-refractivity contribution in [3.63, 3.8) is 0 Å². The van der Waals surface area contributed by atoms with Gasteiger partial charge in [-0.25, -0.2) is 4.98 Å². The van der Waals surface area contributed by atoms with E-state index in [2.05, 4.69) is 0 Å². The lowest BCUT2D eigenvalue weighted by Crippen LogP contribution is -2.39. The monoisotopic (exact) mass is 408 g/mol. The summed E-state index contributed by atoms with van der Waals surface area (Å²) in [6.07, 6.45) is -4.51. The van der Waals surface area contributed by atoms with Crippen molar-refractivity contribution >= 4 is 17.3 Å². The third-order valence-electron chi connectivity index (χ3n) is 5.13. The molecule has 0 amide bonds. The highest BCUT2D eigenvalue weighted by Gasteiger charge is 2.34. The summed E-state index contributed by atoms with van der Waals surface area (Å²) in [4.78, 5) is 8.84. The Kier molecular flexibility index (Phi) is 5.51. The molecule has 0 spiro atoms. The smallest absolute Gasteiger partial charge is 0.399 e. The van der Waals surface area contributed by atoms with Crippen LogP contribution in [0, 0.1) is 0 Å². The van der Waals surface area contributed by atoms with E-state index in [1.807, 2.05) is 9.80 Å². The molecular weight excluding hydrogens is 385 g/mol. The summed E-state index contributed by atoms with van der Waals surface area (Å²) >= 11 is 0. The molecule has 1 aromatic carbocycles. The van der Waals surface area contributed by atoms with Gasteiger partial charge in [0.05, 0.1) is 32.0 Å². The summed E-state index contributed by atoms with van der Waals surface area (Å²) in [6.45, 7) is 4.84. The minimum Gasteiger partial charge on any atom is -0.399 e. The maximum Gasteiger partial charge on any atom is 0.417 e. The van der Waals surface area contributed by atoms with Crippen LogP contribution >= 0.6 is 0 Å². The number of hydrogen-bond acceptors (Lipinski definition) is 6. The minimum atomic E-state index is -4.51. The lowest BCUT2D eigenvalue weighted by atomic mass is 9.98. The third kappa shape index (κ3) is 4.40. The fraction of sp³-hybridized carbons (Fsp3) is 0.450. The molecule has 1 aromatic heterocycles. The number of morpholine rings is 2. The fourth-order valence-electron chi connectivity index (χ4n) is 3.61. The van der Waals surface area contributed by atoms with E-state index >= 15 is 0 Å². The number of nitrogens with two attached hydrogens (primary N) is 1. The summed E-state index contributed by atoms with van der Waals surface area (Å²) in [7, 11) is 0. The highest BCUT2D eigenvalue weighted by atomic mass is 19.4. The molecule has 2 N–H and O–H groups in total. The van der Waals surface area contributed by atoms with Crippen molar-refractivity contribution in [1.29, 1.82) is 0 Å². The zero-order chi connectivity index (χ0) is 20.4. The SMILES string of the molecule is Nc1ccc(-c2cc(N3CCOCC3)nc(N3CCOCC3)c2)c(C(F)(F)F)c1. The molecule has 4 rings (SSSR count). The van der Waals surface area contributed by atoms with Gasteiger partial charge in [0.25, 0.3) is 0 Å². The molecule has 2 aromatic rings. The molecule has 0 bridgehead atoms. The van der Waals surface area contributed by atoms with Crippen molar-refractivity contribution in [1.82, 2.24) is 4.98 Å². The number of pyridine rings is 1. The predicted molar refractivity (Wildman–Crippen MR) is 105 cm³/mol. The minimum absolute atomic E-state index is 0.0805. The largest absolute Gasteiger partial charge is 0.417 e. The van der Waals surface area contributed by atoms with Crippen LogP contribution in [0.25, 0.3) is 11.1 Å². The molecule has 0 radical (unpaired) electrons. The molecule has 2 saturated heterocycles. The molecule has 156 valence electrons. The number of rotatable bonds is 3. The van der Waals surface area contributed by atoms with Crippen LogP contribution < -0.4 is 15.5 Å². The summed E-state index contributed by atoms with van der Waals surface area (Å²) in [5, 5.41) is 0. The van der Waals surface area contributed by atoms with Crippen molar-refractivity contribution in [2.75, 3.05) is 68.1 Å². The van der Waals surface area contributed by atoms with E-state index in [0.717, 1.165) is 6.07 Å². The first kappa shape index (κ1) is 19.8. The molecular formula is C20H23F3N4O2. The van der Waals surface area contributed by atoms with Gasteiger partial charge < -0.3 is 25.0 Å². The number of halogens is 3. The quantitative estimate of drug-likeness (QED) is 0.788. The second-order valence-electron chi connectivity index (χ2n) is 7.07. The molecule has 2 aliphatic heterocycles. The third-order valence-corrected chi connectivity index (χ3v) is 5.13. The second-order valence-corrected chi connectivity index (χ2v) is 7.07. The van der Waals surface area contributed by atoms with Crippen LogP contribution in [-0.4, -0.2) is 57.6 Å². The molecule has 2 aliphatic rings. The van der Waals surface area contributed by atoms with Gasteiger partial charge in [0.15, 0.2) is 0 Å². The lowest BCUT2D eigenvalue weighted by molar-refractivity contribution is -0.137. The van der Waals surface area contributed by atoms with Gasteiger partial charge in [0, 0.05) is 31.9 Å². The van der Waals surface area contributed by atoms with Gasteiger partial charge in [0.2, 0.25) is 0 Å². The van der Waals surface area contributed by atoms with Crippen molar-refractivity contribution in [2.24, 2.45) is 0 Å². The Balaban J connectivity index is 1.82. The van der Waals surface area contributed by atoms with Gasteiger partial charge in [-0.15, -0.1) is 0 Å². The average Bonchev–Trinajstić information content (AvgIpc) is 2.74. The molecule has 29 heavy (non-hydrogen) atoms. The highest BCUT2D eigenvalue weighted by molar-refractivity contribution is 5.75. The molecule has 0 unspecified atom stereocenters.